The summed E-state index contributed by atoms with van der Waals surface area (Å²) in [6, 6.07) is 33.4. The number of aromatic nitrogens is 2. The highest BCUT2D eigenvalue weighted by molar-refractivity contribution is 6.03. The van der Waals surface area contributed by atoms with Crippen molar-refractivity contribution in [2.45, 2.75) is 6.92 Å². The van der Waals surface area contributed by atoms with Crippen LogP contribution in [0.4, 0.5) is 0 Å². The lowest BCUT2D eigenvalue weighted by molar-refractivity contribution is 0.563. The SMILES string of the molecule is Cc1ccc2c(-c3ccccc3)c(-c3nc4ccccc4nc3-c3ccccc3)c(=O)oc2c1. The Bertz CT molecular complexity index is 1720. The van der Waals surface area contributed by atoms with Crippen LogP contribution >= 0.6 is 0 Å². The van der Waals surface area contributed by atoms with Gasteiger partial charge in [0, 0.05) is 16.5 Å². The van der Waals surface area contributed by atoms with E-state index >= 15 is 0 Å². The number of nitrogens with zero attached hydrogens (tertiary/aromatic N) is 2. The molecule has 0 N–H and O–H groups in total. The Labute approximate surface area is 196 Å². The first-order chi connectivity index (χ1) is 16.7. The summed E-state index contributed by atoms with van der Waals surface area (Å²) >= 11 is 0. The number of hydrogen-bond donors (Lipinski definition) is 0. The molecule has 6 aromatic rings. The van der Waals surface area contributed by atoms with Crippen molar-refractivity contribution >= 4 is 22.0 Å². The molecule has 0 aliphatic heterocycles. The third-order valence-corrected chi connectivity index (χ3v) is 5.98. The maximum absolute atomic E-state index is 13.6. The zero-order valence-electron chi connectivity index (χ0n) is 18.5. The van der Waals surface area contributed by atoms with Crippen molar-refractivity contribution in [3.63, 3.8) is 0 Å². The number of hydrogen-bond acceptors (Lipinski definition) is 4. The van der Waals surface area contributed by atoms with Crippen LogP contribution in [0.2, 0.25) is 0 Å². The van der Waals surface area contributed by atoms with Crippen molar-refractivity contribution in [2.24, 2.45) is 0 Å². The molecule has 0 spiro atoms. The van der Waals surface area contributed by atoms with E-state index in [1.165, 1.54) is 0 Å². The smallest absolute Gasteiger partial charge is 0.346 e. The Morgan fingerprint density at radius 3 is 1.88 bits per heavy atom. The van der Waals surface area contributed by atoms with Gasteiger partial charge < -0.3 is 4.42 Å². The first-order valence-electron chi connectivity index (χ1n) is 11.1. The second-order valence-corrected chi connectivity index (χ2v) is 8.28. The summed E-state index contributed by atoms with van der Waals surface area (Å²) in [6.45, 7) is 1.98. The minimum Gasteiger partial charge on any atom is -0.422 e. The van der Waals surface area contributed by atoms with Crippen molar-refractivity contribution in [3.05, 3.63) is 119 Å². The molecule has 2 aromatic heterocycles. The third kappa shape index (κ3) is 3.37. The number of para-hydroxylation sites is 2. The topological polar surface area (TPSA) is 56.0 Å². The van der Waals surface area contributed by atoms with Crippen LogP contribution in [0.15, 0.2) is 112 Å². The molecule has 6 rings (SSSR count). The van der Waals surface area contributed by atoms with E-state index in [-0.39, 0.29) is 0 Å². The molecule has 0 saturated heterocycles. The minimum absolute atomic E-state index is 0.416. The highest BCUT2D eigenvalue weighted by Crippen LogP contribution is 2.39. The molecule has 0 radical (unpaired) electrons. The normalized spacial score (nSPS) is 11.2. The lowest BCUT2D eigenvalue weighted by Gasteiger charge is -2.15. The van der Waals surface area contributed by atoms with Gasteiger partial charge in [0.2, 0.25) is 0 Å². The maximum atomic E-state index is 13.6. The molecule has 4 aromatic carbocycles. The average molecular weight is 441 g/mol. The van der Waals surface area contributed by atoms with Crippen LogP contribution in [0.3, 0.4) is 0 Å². The third-order valence-electron chi connectivity index (χ3n) is 5.98. The summed E-state index contributed by atoms with van der Waals surface area (Å²) in [6.07, 6.45) is 0. The summed E-state index contributed by atoms with van der Waals surface area (Å²) in [5, 5.41) is 0.861. The fourth-order valence-corrected chi connectivity index (χ4v) is 4.40. The van der Waals surface area contributed by atoms with Crippen LogP contribution in [0.5, 0.6) is 0 Å². The largest absolute Gasteiger partial charge is 0.422 e. The van der Waals surface area contributed by atoms with Gasteiger partial charge in [-0.15, -0.1) is 0 Å². The minimum atomic E-state index is -0.432. The summed E-state index contributed by atoms with van der Waals surface area (Å²) in [4.78, 5) is 23.5. The van der Waals surface area contributed by atoms with E-state index < -0.39 is 5.63 Å². The van der Waals surface area contributed by atoms with Crippen molar-refractivity contribution in [3.8, 4) is 33.6 Å². The fraction of sp³-hybridized carbons (Fsp3) is 0.0333. The van der Waals surface area contributed by atoms with Gasteiger partial charge in [-0.2, -0.15) is 0 Å². The van der Waals surface area contributed by atoms with Crippen molar-refractivity contribution in [2.75, 3.05) is 0 Å². The fourth-order valence-electron chi connectivity index (χ4n) is 4.40. The van der Waals surface area contributed by atoms with E-state index in [9.17, 15) is 4.79 Å². The summed E-state index contributed by atoms with van der Waals surface area (Å²) < 4.78 is 5.87. The van der Waals surface area contributed by atoms with Gasteiger partial charge in [-0.1, -0.05) is 84.9 Å². The molecule has 0 unspecified atom stereocenters. The Morgan fingerprint density at radius 1 is 0.618 bits per heavy atom. The molecule has 0 aliphatic rings. The van der Waals surface area contributed by atoms with Crippen molar-refractivity contribution in [1.82, 2.24) is 9.97 Å². The molecule has 4 nitrogen and oxygen atoms in total. The van der Waals surface area contributed by atoms with Crippen molar-refractivity contribution in [1.29, 1.82) is 0 Å². The van der Waals surface area contributed by atoms with E-state index in [2.05, 4.69) is 0 Å². The second-order valence-electron chi connectivity index (χ2n) is 8.28. The van der Waals surface area contributed by atoms with Crippen molar-refractivity contribution < 1.29 is 4.42 Å². The molecule has 0 aliphatic carbocycles. The summed E-state index contributed by atoms with van der Waals surface area (Å²) in [5.74, 6) is 0. The van der Waals surface area contributed by atoms with E-state index in [0.717, 1.165) is 38.7 Å². The van der Waals surface area contributed by atoms with Crippen LogP contribution in [-0.4, -0.2) is 9.97 Å². The molecular formula is C30H20N2O2. The number of fused-ring (bicyclic) bond motifs is 2. The molecule has 162 valence electrons. The van der Waals surface area contributed by atoms with E-state index in [1.807, 2.05) is 110 Å². The summed E-state index contributed by atoms with van der Waals surface area (Å²) in [7, 11) is 0. The van der Waals surface area contributed by atoms with Crippen LogP contribution in [0, 0.1) is 6.92 Å². The second kappa shape index (κ2) is 8.09. The van der Waals surface area contributed by atoms with Gasteiger partial charge in [0.1, 0.15) is 11.3 Å². The first kappa shape index (κ1) is 20.1. The van der Waals surface area contributed by atoms with E-state index in [4.69, 9.17) is 14.4 Å². The Hall–Kier alpha value is -4.57. The maximum Gasteiger partial charge on any atom is 0.346 e. The summed E-state index contributed by atoms with van der Waals surface area (Å²) in [5.41, 5.74) is 6.83. The van der Waals surface area contributed by atoms with Gasteiger partial charge in [-0.05, 0) is 36.2 Å². The van der Waals surface area contributed by atoms with Gasteiger partial charge in [-0.25, -0.2) is 14.8 Å². The molecule has 0 atom stereocenters. The molecule has 2 heterocycles. The average Bonchev–Trinajstić information content (AvgIpc) is 2.88. The molecule has 0 bridgehead atoms. The van der Waals surface area contributed by atoms with Crippen LogP contribution in [-0.2, 0) is 0 Å². The van der Waals surface area contributed by atoms with E-state index in [1.54, 1.807) is 0 Å². The number of benzene rings is 4. The predicted molar refractivity (Wildman–Crippen MR) is 137 cm³/mol. The monoisotopic (exact) mass is 440 g/mol. The number of aryl methyl sites for hydroxylation is 1. The van der Waals surface area contributed by atoms with Crippen LogP contribution in [0.25, 0.3) is 55.6 Å². The quantitative estimate of drug-likeness (QED) is 0.277. The molecule has 0 saturated carbocycles. The predicted octanol–water partition coefficient (Wildman–Crippen LogP) is 7.05. The molecular weight excluding hydrogens is 420 g/mol. The highest BCUT2D eigenvalue weighted by atomic mass is 16.4. The zero-order valence-corrected chi connectivity index (χ0v) is 18.5. The van der Waals surface area contributed by atoms with Gasteiger partial charge in [-0.3, -0.25) is 0 Å². The molecule has 34 heavy (non-hydrogen) atoms. The Morgan fingerprint density at radius 2 is 1.21 bits per heavy atom. The zero-order chi connectivity index (χ0) is 23.1. The molecule has 0 fully saturated rings. The van der Waals surface area contributed by atoms with Gasteiger partial charge in [0.05, 0.1) is 22.3 Å². The first-order valence-corrected chi connectivity index (χ1v) is 11.1. The van der Waals surface area contributed by atoms with Crippen LogP contribution < -0.4 is 5.63 Å². The lowest BCUT2D eigenvalue weighted by atomic mass is 9.93. The van der Waals surface area contributed by atoms with Crippen LogP contribution in [0.1, 0.15) is 5.56 Å². The highest BCUT2D eigenvalue weighted by Gasteiger charge is 2.23. The molecule has 4 heteroatoms. The van der Waals surface area contributed by atoms with Gasteiger partial charge >= 0.3 is 5.63 Å². The van der Waals surface area contributed by atoms with E-state index in [0.29, 0.717) is 22.5 Å². The number of rotatable bonds is 3. The van der Waals surface area contributed by atoms with Gasteiger partial charge in [0.15, 0.2) is 0 Å². The molecule has 0 amide bonds. The standard InChI is InChI=1S/C30H20N2O2/c1-19-16-17-22-25(18-19)34-30(33)27(26(22)20-10-4-2-5-11-20)29-28(21-12-6-3-7-13-21)31-23-14-8-9-15-24(23)32-29/h2-18H,1H3. The Kier molecular flexibility index (Phi) is 4.77. The lowest BCUT2D eigenvalue weighted by Crippen LogP contribution is -2.09. The van der Waals surface area contributed by atoms with Gasteiger partial charge in [0.25, 0.3) is 0 Å². The Balaban J connectivity index is 1.79.